The predicted octanol–water partition coefficient (Wildman–Crippen LogP) is 1.36. The van der Waals surface area contributed by atoms with Crippen LogP contribution in [0.25, 0.3) is 0 Å². The summed E-state index contributed by atoms with van der Waals surface area (Å²) in [5.41, 5.74) is 0.962. The SMILES string of the molecule is O=C([C@H]1C[C@@H]1c1cccc(F)c1)N1CCNCC1. The second-order valence-electron chi connectivity index (χ2n) is 5.08. The van der Waals surface area contributed by atoms with Crippen molar-refractivity contribution in [3.63, 3.8) is 0 Å². The van der Waals surface area contributed by atoms with Crippen LogP contribution in [0.2, 0.25) is 0 Å². The molecule has 3 nitrogen and oxygen atoms in total. The minimum atomic E-state index is -0.215. The van der Waals surface area contributed by atoms with E-state index in [1.165, 1.54) is 6.07 Å². The third kappa shape index (κ3) is 2.25. The molecule has 1 N–H and O–H groups in total. The molecule has 1 aliphatic carbocycles. The van der Waals surface area contributed by atoms with Crippen molar-refractivity contribution in [3.05, 3.63) is 35.6 Å². The molecule has 0 aromatic heterocycles. The van der Waals surface area contributed by atoms with E-state index >= 15 is 0 Å². The van der Waals surface area contributed by atoms with Crippen LogP contribution in [0, 0.1) is 11.7 Å². The minimum absolute atomic E-state index is 0.0740. The molecule has 3 rings (SSSR count). The fourth-order valence-corrected chi connectivity index (χ4v) is 2.69. The van der Waals surface area contributed by atoms with Gasteiger partial charge in [-0.25, -0.2) is 4.39 Å². The first-order valence-corrected chi connectivity index (χ1v) is 6.50. The quantitative estimate of drug-likeness (QED) is 0.857. The van der Waals surface area contributed by atoms with Gasteiger partial charge in [-0.15, -0.1) is 0 Å². The molecule has 2 atom stereocenters. The van der Waals surface area contributed by atoms with Crippen LogP contribution >= 0.6 is 0 Å². The normalized spacial score (nSPS) is 27.1. The van der Waals surface area contributed by atoms with Gasteiger partial charge in [-0.1, -0.05) is 12.1 Å². The molecular formula is C14H17FN2O. The zero-order valence-corrected chi connectivity index (χ0v) is 10.2. The van der Waals surface area contributed by atoms with Crippen LogP contribution in [0.3, 0.4) is 0 Å². The summed E-state index contributed by atoms with van der Waals surface area (Å²) in [5.74, 6) is 0.325. The highest BCUT2D eigenvalue weighted by atomic mass is 19.1. The van der Waals surface area contributed by atoms with Gasteiger partial charge >= 0.3 is 0 Å². The molecule has 2 aliphatic rings. The maximum Gasteiger partial charge on any atom is 0.226 e. The second-order valence-corrected chi connectivity index (χ2v) is 5.08. The van der Waals surface area contributed by atoms with Gasteiger partial charge in [0.1, 0.15) is 5.82 Å². The van der Waals surface area contributed by atoms with Crippen LogP contribution in [-0.2, 0) is 4.79 Å². The summed E-state index contributed by atoms with van der Waals surface area (Å²) >= 11 is 0. The van der Waals surface area contributed by atoms with Crippen molar-refractivity contribution in [2.45, 2.75) is 12.3 Å². The Morgan fingerprint density at radius 2 is 2.11 bits per heavy atom. The van der Waals surface area contributed by atoms with Crippen LogP contribution in [0.15, 0.2) is 24.3 Å². The third-order valence-electron chi connectivity index (χ3n) is 3.81. The van der Waals surface area contributed by atoms with Gasteiger partial charge < -0.3 is 10.2 Å². The molecule has 2 fully saturated rings. The minimum Gasteiger partial charge on any atom is -0.340 e. The number of amides is 1. The Hall–Kier alpha value is -1.42. The van der Waals surface area contributed by atoms with Gasteiger partial charge in [0.25, 0.3) is 0 Å². The number of nitrogens with one attached hydrogen (secondary N) is 1. The number of hydrogen-bond donors (Lipinski definition) is 1. The van der Waals surface area contributed by atoms with Crippen molar-refractivity contribution in [2.75, 3.05) is 26.2 Å². The average Bonchev–Trinajstić information content (AvgIpc) is 3.19. The number of halogens is 1. The van der Waals surface area contributed by atoms with Crippen LogP contribution in [0.5, 0.6) is 0 Å². The molecule has 1 amide bonds. The molecule has 1 aromatic carbocycles. The predicted molar refractivity (Wildman–Crippen MR) is 66.7 cm³/mol. The highest BCUT2D eigenvalue weighted by Gasteiger charge is 2.45. The summed E-state index contributed by atoms with van der Waals surface area (Å²) in [6.45, 7) is 3.35. The maximum absolute atomic E-state index is 13.1. The first-order chi connectivity index (χ1) is 8.75. The zero-order valence-electron chi connectivity index (χ0n) is 10.2. The topological polar surface area (TPSA) is 32.3 Å². The van der Waals surface area contributed by atoms with Crippen LogP contribution < -0.4 is 5.32 Å². The fourth-order valence-electron chi connectivity index (χ4n) is 2.69. The standard InChI is InChI=1S/C14H17FN2O/c15-11-3-1-2-10(8-11)12-9-13(12)14(18)17-6-4-16-5-7-17/h1-3,8,12-13,16H,4-7,9H2/t12-,13+/m1/s1. The van der Waals surface area contributed by atoms with Gasteiger partial charge in [0.05, 0.1) is 0 Å². The number of carbonyl (C=O) groups is 1. The second kappa shape index (κ2) is 4.69. The Kier molecular flexibility index (Phi) is 3.04. The highest BCUT2D eigenvalue weighted by Crippen LogP contribution is 2.48. The van der Waals surface area contributed by atoms with Crippen molar-refractivity contribution in [2.24, 2.45) is 5.92 Å². The zero-order chi connectivity index (χ0) is 12.5. The van der Waals surface area contributed by atoms with Crippen molar-refractivity contribution in [1.29, 1.82) is 0 Å². The number of piperazine rings is 1. The van der Waals surface area contributed by atoms with Crippen LogP contribution in [-0.4, -0.2) is 37.0 Å². The lowest BCUT2D eigenvalue weighted by Crippen LogP contribution is -2.47. The van der Waals surface area contributed by atoms with Gasteiger partial charge in [-0.2, -0.15) is 0 Å². The number of benzene rings is 1. The van der Waals surface area contributed by atoms with E-state index in [1.54, 1.807) is 12.1 Å². The van der Waals surface area contributed by atoms with E-state index in [1.807, 2.05) is 11.0 Å². The van der Waals surface area contributed by atoms with Crippen LogP contribution in [0.4, 0.5) is 4.39 Å². The lowest BCUT2D eigenvalue weighted by atomic mass is 10.1. The van der Waals surface area contributed by atoms with E-state index in [0.29, 0.717) is 0 Å². The summed E-state index contributed by atoms with van der Waals surface area (Å²) in [4.78, 5) is 14.2. The largest absolute Gasteiger partial charge is 0.340 e. The van der Waals surface area contributed by atoms with E-state index in [-0.39, 0.29) is 23.6 Å². The molecule has 18 heavy (non-hydrogen) atoms. The molecule has 0 bridgehead atoms. The summed E-state index contributed by atoms with van der Waals surface area (Å²) in [7, 11) is 0. The molecule has 0 unspecified atom stereocenters. The maximum atomic E-state index is 13.1. The van der Waals surface area contributed by atoms with E-state index < -0.39 is 0 Å². The monoisotopic (exact) mass is 248 g/mol. The van der Waals surface area contributed by atoms with Gasteiger partial charge in [-0.05, 0) is 30.0 Å². The lowest BCUT2D eigenvalue weighted by Gasteiger charge is -2.27. The van der Waals surface area contributed by atoms with Crippen LogP contribution in [0.1, 0.15) is 17.9 Å². The van der Waals surface area contributed by atoms with Gasteiger partial charge in [-0.3, -0.25) is 4.79 Å². The number of carbonyl (C=O) groups excluding carboxylic acids is 1. The number of nitrogens with zero attached hydrogens (tertiary/aromatic N) is 1. The van der Waals surface area contributed by atoms with E-state index in [0.717, 1.165) is 38.2 Å². The molecule has 1 aromatic rings. The van der Waals surface area contributed by atoms with Crippen molar-refractivity contribution in [1.82, 2.24) is 10.2 Å². The van der Waals surface area contributed by atoms with Gasteiger partial charge in [0, 0.05) is 32.1 Å². The van der Waals surface area contributed by atoms with E-state index in [2.05, 4.69) is 5.32 Å². The molecule has 0 radical (unpaired) electrons. The Morgan fingerprint density at radius 3 is 2.83 bits per heavy atom. The van der Waals surface area contributed by atoms with Crippen molar-refractivity contribution < 1.29 is 9.18 Å². The smallest absolute Gasteiger partial charge is 0.226 e. The van der Waals surface area contributed by atoms with Crippen molar-refractivity contribution >= 4 is 5.91 Å². The molecule has 1 heterocycles. The first-order valence-electron chi connectivity index (χ1n) is 6.50. The lowest BCUT2D eigenvalue weighted by molar-refractivity contribution is -0.133. The van der Waals surface area contributed by atoms with Gasteiger partial charge in [0.15, 0.2) is 0 Å². The molecule has 1 saturated carbocycles. The summed E-state index contributed by atoms with van der Waals surface area (Å²) in [6, 6.07) is 6.63. The summed E-state index contributed by atoms with van der Waals surface area (Å²) < 4.78 is 13.1. The molecule has 1 aliphatic heterocycles. The van der Waals surface area contributed by atoms with E-state index in [9.17, 15) is 9.18 Å². The number of hydrogen-bond acceptors (Lipinski definition) is 2. The third-order valence-corrected chi connectivity index (χ3v) is 3.81. The first kappa shape index (κ1) is 11.7. The van der Waals surface area contributed by atoms with Crippen molar-refractivity contribution in [3.8, 4) is 0 Å². The fraction of sp³-hybridized carbons (Fsp3) is 0.500. The number of rotatable bonds is 2. The molecule has 0 spiro atoms. The molecule has 1 saturated heterocycles. The average molecular weight is 248 g/mol. The Morgan fingerprint density at radius 1 is 1.33 bits per heavy atom. The Balaban J connectivity index is 1.64. The molecule has 4 heteroatoms. The summed E-state index contributed by atoms with van der Waals surface area (Å²) in [5, 5.41) is 3.24. The Bertz CT molecular complexity index is 457. The summed E-state index contributed by atoms with van der Waals surface area (Å²) in [6.07, 6.45) is 0.867. The van der Waals surface area contributed by atoms with E-state index in [4.69, 9.17) is 0 Å². The molecule has 96 valence electrons. The molecular weight excluding hydrogens is 231 g/mol. The van der Waals surface area contributed by atoms with Gasteiger partial charge in [0.2, 0.25) is 5.91 Å². The highest BCUT2D eigenvalue weighted by molar-refractivity contribution is 5.83. The Labute approximate surface area is 106 Å².